The average Bonchev–Trinajstić information content (AvgIpc) is 2.68. The molecule has 0 radical (unpaired) electrons. The van der Waals surface area contributed by atoms with E-state index < -0.39 is 0 Å². The Hall–Kier alpha value is -2.41. The number of benzene rings is 1. The average molecular weight is 226 g/mol. The van der Waals surface area contributed by atoms with Gasteiger partial charge < -0.3 is 0 Å². The Labute approximate surface area is 98.1 Å². The van der Waals surface area contributed by atoms with Gasteiger partial charge in [0.1, 0.15) is 6.42 Å². The molecule has 0 aliphatic rings. The van der Waals surface area contributed by atoms with Gasteiger partial charge in [0, 0.05) is 12.3 Å². The Morgan fingerprint density at radius 3 is 2.71 bits per heavy atom. The largest absolute Gasteiger partial charge is 0.293 e. The number of rotatable bonds is 2. The summed E-state index contributed by atoms with van der Waals surface area (Å²) < 4.78 is 1.32. The van der Waals surface area contributed by atoms with Crippen molar-refractivity contribution in [2.24, 2.45) is 0 Å². The van der Waals surface area contributed by atoms with Crippen molar-refractivity contribution in [2.75, 3.05) is 0 Å². The predicted octanol–water partition coefficient (Wildman–Crippen LogP) is 2.40. The summed E-state index contributed by atoms with van der Waals surface area (Å²) in [6, 6.07) is 10.7. The third-order valence-electron chi connectivity index (χ3n) is 2.55. The maximum absolute atomic E-state index is 11.8. The van der Waals surface area contributed by atoms with Gasteiger partial charge in [-0.2, -0.15) is 5.26 Å². The molecular formula is C13H10N2O2. The summed E-state index contributed by atoms with van der Waals surface area (Å²) in [5.41, 5.74) is 0.990. The van der Waals surface area contributed by atoms with Crippen LogP contribution in [0.2, 0.25) is 0 Å². The van der Waals surface area contributed by atoms with Gasteiger partial charge in [0.25, 0.3) is 0 Å². The molecule has 1 aromatic heterocycles. The summed E-state index contributed by atoms with van der Waals surface area (Å²) >= 11 is 0. The van der Waals surface area contributed by atoms with Gasteiger partial charge in [-0.15, -0.1) is 0 Å². The van der Waals surface area contributed by atoms with Gasteiger partial charge in [0.2, 0.25) is 5.91 Å². The summed E-state index contributed by atoms with van der Waals surface area (Å²) in [6.45, 7) is 1.41. The van der Waals surface area contributed by atoms with Crippen LogP contribution >= 0.6 is 0 Å². The zero-order valence-corrected chi connectivity index (χ0v) is 9.30. The highest BCUT2D eigenvalue weighted by Crippen LogP contribution is 2.20. The molecule has 0 spiro atoms. The van der Waals surface area contributed by atoms with Gasteiger partial charge in [-0.3, -0.25) is 14.2 Å². The van der Waals surface area contributed by atoms with Gasteiger partial charge >= 0.3 is 0 Å². The summed E-state index contributed by atoms with van der Waals surface area (Å²) in [4.78, 5) is 23.3. The van der Waals surface area contributed by atoms with Crippen molar-refractivity contribution in [3.05, 3.63) is 36.0 Å². The molecule has 84 valence electrons. The minimum Gasteiger partial charge on any atom is -0.293 e. The van der Waals surface area contributed by atoms with E-state index in [9.17, 15) is 9.59 Å². The van der Waals surface area contributed by atoms with Crippen LogP contribution in [0.1, 0.15) is 28.6 Å². The molecule has 17 heavy (non-hydrogen) atoms. The number of para-hydroxylation sites is 1. The fourth-order valence-electron chi connectivity index (χ4n) is 1.83. The van der Waals surface area contributed by atoms with Gasteiger partial charge in [-0.25, -0.2) is 0 Å². The van der Waals surface area contributed by atoms with Crippen molar-refractivity contribution in [3.63, 3.8) is 0 Å². The van der Waals surface area contributed by atoms with Crippen LogP contribution < -0.4 is 0 Å². The zero-order valence-electron chi connectivity index (χ0n) is 9.30. The van der Waals surface area contributed by atoms with E-state index in [0.717, 1.165) is 5.39 Å². The smallest absolute Gasteiger partial charge is 0.245 e. The topological polar surface area (TPSA) is 62.9 Å². The summed E-state index contributed by atoms with van der Waals surface area (Å²) in [5.74, 6) is -0.564. The standard InChI is InChI=1S/C13H10N2O2/c1-9(16)12-8-10-4-2-3-5-11(10)15(12)13(17)6-7-14/h2-5,8H,6H2,1H3. The number of nitrogens with zero attached hydrogens (tertiary/aromatic N) is 2. The molecule has 4 heteroatoms. The first kappa shape index (κ1) is 11.1. The van der Waals surface area contributed by atoms with Crippen LogP contribution in [0.25, 0.3) is 10.9 Å². The lowest BCUT2D eigenvalue weighted by atomic mass is 10.2. The van der Waals surface area contributed by atoms with Crippen LogP contribution in [-0.4, -0.2) is 16.3 Å². The maximum Gasteiger partial charge on any atom is 0.245 e. The van der Waals surface area contributed by atoms with E-state index in [-0.39, 0.29) is 18.1 Å². The zero-order chi connectivity index (χ0) is 12.4. The lowest BCUT2D eigenvalue weighted by Crippen LogP contribution is -2.14. The fourth-order valence-corrected chi connectivity index (χ4v) is 1.83. The van der Waals surface area contributed by atoms with E-state index in [1.54, 1.807) is 24.3 Å². The first-order chi connectivity index (χ1) is 8.15. The Morgan fingerprint density at radius 2 is 2.06 bits per heavy atom. The molecular weight excluding hydrogens is 216 g/mol. The molecule has 0 saturated heterocycles. The van der Waals surface area contributed by atoms with Crippen LogP contribution in [0.15, 0.2) is 30.3 Å². The molecule has 0 saturated carbocycles. The minimum atomic E-state index is -0.376. The van der Waals surface area contributed by atoms with E-state index in [4.69, 9.17) is 5.26 Å². The number of fused-ring (bicyclic) bond motifs is 1. The summed E-state index contributed by atoms with van der Waals surface area (Å²) in [6.07, 6.45) is -0.237. The van der Waals surface area contributed by atoms with E-state index in [1.165, 1.54) is 11.5 Å². The Morgan fingerprint density at radius 1 is 1.35 bits per heavy atom. The second kappa shape index (κ2) is 4.22. The molecule has 0 atom stereocenters. The van der Waals surface area contributed by atoms with Crippen molar-refractivity contribution >= 4 is 22.6 Å². The third-order valence-corrected chi connectivity index (χ3v) is 2.55. The Balaban J connectivity index is 2.73. The molecule has 1 heterocycles. The van der Waals surface area contributed by atoms with Gasteiger partial charge in [-0.1, -0.05) is 18.2 Å². The minimum absolute atomic E-state index is 0.188. The quantitative estimate of drug-likeness (QED) is 0.738. The number of nitriles is 1. The van der Waals surface area contributed by atoms with Gasteiger partial charge in [-0.05, 0) is 12.1 Å². The van der Waals surface area contributed by atoms with E-state index in [0.29, 0.717) is 11.2 Å². The van der Waals surface area contributed by atoms with Crippen LogP contribution in [0.4, 0.5) is 0 Å². The van der Waals surface area contributed by atoms with Crippen molar-refractivity contribution in [1.82, 2.24) is 4.57 Å². The molecule has 2 aromatic rings. The molecule has 0 unspecified atom stereocenters. The second-order valence-corrected chi connectivity index (χ2v) is 3.71. The molecule has 0 fully saturated rings. The van der Waals surface area contributed by atoms with Crippen LogP contribution in [-0.2, 0) is 0 Å². The molecule has 0 amide bonds. The monoisotopic (exact) mass is 226 g/mol. The molecule has 0 aliphatic carbocycles. The molecule has 0 N–H and O–H groups in total. The highest BCUT2D eigenvalue weighted by atomic mass is 16.2. The van der Waals surface area contributed by atoms with E-state index in [1.807, 2.05) is 12.1 Å². The van der Waals surface area contributed by atoms with E-state index >= 15 is 0 Å². The van der Waals surface area contributed by atoms with Crippen molar-refractivity contribution in [2.45, 2.75) is 13.3 Å². The summed E-state index contributed by atoms with van der Waals surface area (Å²) in [5, 5.41) is 9.39. The second-order valence-electron chi connectivity index (χ2n) is 3.71. The molecule has 0 aliphatic heterocycles. The van der Waals surface area contributed by atoms with Crippen LogP contribution in [0.3, 0.4) is 0 Å². The van der Waals surface area contributed by atoms with Crippen molar-refractivity contribution in [3.8, 4) is 6.07 Å². The highest BCUT2D eigenvalue weighted by Gasteiger charge is 2.16. The lowest BCUT2D eigenvalue weighted by molar-refractivity contribution is 0.0900. The van der Waals surface area contributed by atoms with Gasteiger partial charge in [0.15, 0.2) is 5.78 Å². The number of carbonyl (C=O) groups is 2. The Bertz CT molecular complexity index is 647. The number of ketones is 1. The first-order valence-electron chi connectivity index (χ1n) is 5.16. The fraction of sp³-hybridized carbons (Fsp3) is 0.154. The number of hydrogen-bond acceptors (Lipinski definition) is 3. The number of carbonyl (C=O) groups excluding carboxylic acids is 2. The predicted molar refractivity (Wildman–Crippen MR) is 62.8 cm³/mol. The van der Waals surface area contributed by atoms with E-state index in [2.05, 4.69) is 0 Å². The van der Waals surface area contributed by atoms with Crippen LogP contribution in [0, 0.1) is 11.3 Å². The number of hydrogen-bond donors (Lipinski definition) is 0. The number of Topliss-reactive ketones (excluding diaryl/α,β-unsaturated/α-hetero) is 1. The number of aromatic nitrogens is 1. The first-order valence-corrected chi connectivity index (χ1v) is 5.16. The molecule has 1 aromatic carbocycles. The third kappa shape index (κ3) is 1.83. The van der Waals surface area contributed by atoms with Gasteiger partial charge in [0.05, 0.1) is 17.3 Å². The SMILES string of the molecule is CC(=O)c1cc2ccccc2n1C(=O)CC#N. The van der Waals surface area contributed by atoms with Crippen molar-refractivity contribution < 1.29 is 9.59 Å². The molecule has 4 nitrogen and oxygen atoms in total. The molecule has 2 rings (SSSR count). The maximum atomic E-state index is 11.8. The lowest BCUT2D eigenvalue weighted by Gasteiger charge is -2.04. The summed E-state index contributed by atoms with van der Waals surface area (Å²) in [7, 11) is 0. The van der Waals surface area contributed by atoms with Crippen LogP contribution in [0.5, 0.6) is 0 Å². The Kier molecular flexibility index (Phi) is 2.75. The normalized spacial score (nSPS) is 10.1. The highest BCUT2D eigenvalue weighted by molar-refractivity contribution is 6.05. The van der Waals surface area contributed by atoms with Crippen molar-refractivity contribution in [1.29, 1.82) is 5.26 Å². The molecule has 0 bridgehead atoms.